The summed E-state index contributed by atoms with van der Waals surface area (Å²) < 4.78 is 1.02. The number of nitrogens with zero attached hydrogens (tertiary/aromatic N) is 1. The van der Waals surface area contributed by atoms with Crippen LogP contribution in [0.2, 0.25) is 0 Å². The van der Waals surface area contributed by atoms with Crippen molar-refractivity contribution in [2.24, 2.45) is 0 Å². The van der Waals surface area contributed by atoms with Crippen LogP contribution in [0.1, 0.15) is 47.2 Å². The molecule has 0 unspecified atom stereocenters. The Morgan fingerprint density at radius 2 is 1.70 bits per heavy atom. The normalized spacial score (nSPS) is 17.3. The summed E-state index contributed by atoms with van der Waals surface area (Å²) >= 11 is 3.45. The van der Waals surface area contributed by atoms with E-state index in [2.05, 4.69) is 21.2 Å². The molecule has 2 aromatic carbocycles. The molecule has 4 nitrogen and oxygen atoms in total. The van der Waals surface area contributed by atoms with Crippen LogP contribution in [0.25, 0.3) is 0 Å². The van der Waals surface area contributed by atoms with E-state index in [1.54, 1.807) is 4.90 Å². The van der Waals surface area contributed by atoms with Gasteiger partial charge in [0.25, 0.3) is 5.91 Å². The summed E-state index contributed by atoms with van der Waals surface area (Å²) in [6.45, 7) is 0.543. The van der Waals surface area contributed by atoms with Gasteiger partial charge in [-0.3, -0.25) is 9.59 Å². The van der Waals surface area contributed by atoms with Crippen LogP contribution in [-0.4, -0.2) is 29.8 Å². The number of rotatable bonds is 6. The first kappa shape index (κ1) is 18.2. The predicted octanol–water partition coefficient (Wildman–Crippen LogP) is 4.03. The molecular weight excluding hydrogens is 404 g/mol. The van der Waals surface area contributed by atoms with Gasteiger partial charge >= 0.3 is 0 Å². The largest absolute Gasteiger partial charge is 0.349 e. The lowest BCUT2D eigenvalue weighted by Gasteiger charge is -2.24. The Labute approximate surface area is 168 Å². The Bertz CT molecular complexity index is 853. The molecule has 0 spiro atoms. The van der Waals surface area contributed by atoms with Gasteiger partial charge in [-0.05, 0) is 61.1 Å². The molecule has 2 amide bonds. The number of hydrogen-bond acceptors (Lipinski definition) is 2. The van der Waals surface area contributed by atoms with Crippen molar-refractivity contribution in [3.05, 3.63) is 69.7 Å². The molecule has 2 fully saturated rings. The molecule has 0 atom stereocenters. The first-order valence-corrected chi connectivity index (χ1v) is 10.2. The van der Waals surface area contributed by atoms with Gasteiger partial charge in [-0.2, -0.15) is 0 Å². The first-order valence-electron chi connectivity index (χ1n) is 9.39. The van der Waals surface area contributed by atoms with Crippen molar-refractivity contribution in [3.8, 4) is 0 Å². The van der Waals surface area contributed by atoms with Crippen molar-refractivity contribution in [1.29, 1.82) is 0 Å². The van der Waals surface area contributed by atoms with Gasteiger partial charge in [0.05, 0.1) is 5.41 Å². The second-order valence-corrected chi connectivity index (χ2v) is 8.61. The molecule has 1 N–H and O–H groups in total. The van der Waals surface area contributed by atoms with Crippen molar-refractivity contribution in [2.45, 2.75) is 43.7 Å². The van der Waals surface area contributed by atoms with Crippen molar-refractivity contribution in [3.63, 3.8) is 0 Å². The third kappa shape index (κ3) is 3.93. The lowest BCUT2D eigenvalue weighted by Crippen LogP contribution is -2.36. The van der Waals surface area contributed by atoms with Crippen molar-refractivity contribution in [1.82, 2.24) is 10.2 Å². The molecule has 2 saturated carbocycles. The number of carbonyl (C=O) groups is 2. The van der Waals surface area contributed by atoms with Gasteiger partial charge in [0.2, 0.25) is 5.91 Å². The molecule has 5 heteroatoms. The van der Waals surface area contributed by atoms with Crippen LogP contribution in [0.4, 0.5) is 0 Å². The minimum absolute atomic E-state index is 0.0133. The molecule has 0 radical (unpaired) electrons. The maximum atomic E-state index is 13.1. The third-order valence-corrected chi connectivity index (χ3v) is 5.98. The molecule has 2 aromatic rings. The molecule has 0 bridgehead atoms. The predicted molar refractivity (Wildman–Crippen MR) is 108 cm³/mol. The SMILES string of the molecule is CN(Cc1ccc(C(=O)NC2CC2)cc1)C(=O)C1(c2ccc(Br)cc2)CC1. The van der Waals surface area contributed by atoms with E-state index in [-0.39, 0.29) is 17.2 Å². The summed E-state index contributed by atoms with van der Waals surface area (Å²) in [6.07, 6.45) is 3.96. The highest BCUT2D eigenvalue weighted by atomic mass is 79.9. The molecule has 0 saturated heterocycles. The summed E-state index contributed by atoms with van der Waals surface area (Å²) in [4.78, 5) is 26.9. The fraction of sp³-hybridized carbons (Fsp3) is 0.364. The fourth-order valence-electron chi connectivity index (χ4n) is 3.49. The van der Waals surface area contributed by atoms with Gasteiger partial charge < -0.3 is 10.2 Å². The minimum Gasteiger partial charge on any atom is -0.349 e. The monoisotopic (exact) mass is 426 g/mol. The Hall–Kier alpha value is -2.14. The standard InChI is InChI=1S/C22H23BrN2O2/c1-25(21(27)22(12-13-22)17-6-8-18(23)9-7-17)14-15-2-4-16(5-3-15)20(26)24-19-10-11-19/h2-9,19H,10-14H2,1H3,(H,24,26). The van der Waals surface area contributed by atoms with E-state index in [0.717, 1.165) is 41.3 Å². The molecule has 0 heterocycles. The lowest BCUT2D eigenvalue weighted by atomic mass is 9.94. The van der Waals surface area contributed by atoms with E-state index in [9.17, 15) is 9.59 Å². The van der Waals surface area contributed by atoms with Gasteiger partial charge in [0.15, 0.2) is 0 Å². The van der Waals surface area contributed by atoms with E-state index >= 15 is 0 Å². The number of amides is 2. The number of carbonyl (C=O) groups excluding carboxylic acids is 2. The van der Waals surface area contributed by atoms with Crippen molar-refractivity contribution >= 4 is 27.7 Å². The molecule has 2 aliphatic carbocycles. The lowest BCUT2D eigenvalue weighted by molar-refractivity contribution is -0.133. The number of nitrogens with one attached hydrogen (secondary N) is 1. The summed E-state index contributed by atoms with van der Waals surface area (Å²) in [5, 5.41) is 2.99. The van der Waals surface area contributed by atoms with Gasteiger partial charge in [0.1, 0.15) is 0 Å². The minimum atomic E-state index is -0.362. The Kier molecular flexibility index (Phi) is 4.81. The Morgan fingerprint density at radius 1 is 1.07 bits per heavy atom. The van der Waals surface area contributed by atoms with Crippen LogP contribution in [0.5, 0.6) is 0 Å². The van der Waals surface area contributed by atoms with Gasteiger partial charge in [-0.1, -0.05) is 40.2 Å². The van der Waals surface area contributed by atoms with Crippen LogP contribution in [-0.2, 0) is 16.8 Å². The molecule has 0 aromatic heterocycles. The molecule has 0 aliphatic heterocycles. The maximum absolute atomic E-state index is 13.1. The first-order chi connectivity index (χ1) is 13.0. The maximum Gasteiger partial charge on any atom is 0.251 e. The summed E-state index contributed by atoms with van der Waals surface area (Å²) in [6, 6.07) is 16.0. The Morgan fingerprint density at radius 3 is 2.26 bits per heavy atom. The number of likely N-dealkylation sites (N-methyl/N-ethyl adjacent to an activating group) is 1. The number of hydrogen-bond donors (Lipinski definition) is 1. The Balaban J connectivity index is 1.41. The zero-order chi connectivity index (χ0) is 19.0. The van der Waals surface area contributed by atoms with E-state index in [0.29, 0.717) is 18.2 Å². The highest BCUT2D eigenvalue weighted by Crippen LogP contribution is 2.49. The highest BCUT2D eigenvalue weighted by molar-refractivity contribution is 9.10. The van der Waals surface area contributed by atoms with E-state index in [4.69, 9.17) is 0 Å². The van der Waals surface area contributed by atoms with Crippen LogP contribution in [0.15, 0.2) is 53.0 Å². The van der Waals surface area contributed by atoms with Crippen LogP contribution in [0, 0.1) is 0 Å². The molecule has 27 heavy (non-hydrogen) atoms. The van der Waals surface area contributed by atoms with E-state index in [1.165, 1.54) is 0 Å². The fourth-order valence-corrected chi connectivity index (χ4v) is 3.75. The van der Waals surface area contributed by atoms with Crippen molar-refractivity contribution in [2.75, 3.05) is 7.05 Å². The van der Waals surface area contributed by atoms with Crippen molar-refractivity contribution < 1.29 is 9.59 Å². The average Bonchev–Trinajstić information content (AvgIpc) is 3.58. The topological polar surface area (TPSA) is 49.4 Å². The smallest absolute Gasteiger partial charge is 0.251 e. The molecule has 140 valence electrons. The number of halogens is 1. The highest BCUT2D eigenvalue weighted by Gasteiger charge is 2.52. The molecule has 2 aliphatic rings. The third-order valence-electron chi connectivity index (χ3n) is 5.45. The second kappa shape index (κ2) is 7.12. The van der Waals surface area contributed by atoms with Gasteiger partial charge in [-0.15, -0.1) is 0 Å². The summed E-state index contributed by atoms with van der Waals surface area (Å²) in [5.74, 6) is 0.154. The zero-order valence-corrected chi connectivity index (χ0v) is 17.0. The second-order valence-electron chi connectivity index (χ2n) is 7.69. The van der Waals surface area contributed by atoms with Gasteiger partial charge in [0, 0.05) is 29.7 Å². The zero-order valence-electron chi connectivity index (χ0n) is 15.4. The van der Waals surface area contributed by atoms with Crippen LogP contribution < -0.4 is 5.32 Å². The molecule has 4 rings (SSSR count). The summed E-state index contributed by atoms with van der Waals surface area (Å²) in [5.41, 5.74) is 2.43. The van der Waals surface area contributed by atoms with E-state index in [1.807, 2.05) is 55.6 Å². The summed E-state index contributed by atoms with van der Waals surface area (Å²) in [7, 11) is 1.86. The van der Waals surface area contributed by atoms with Crippen LogP contribution >= 0.6 is 15.9 Å². The quantitative estimate of drug-likeness (QED) is 0.757. The molecular formula is C22H23BrN2O2. The van der Waals surface area contributed by atoms with Crippen LogP contribution in [0.3, 0.4) is 0 Å². The average molecular weight is 427 g/mol. The van der Waals surface area contributed by atoms with Gasteiger partial charge in [-0.25, -0.2) is 0 Å². The van der Waals surface area contributed by atoms with E-state index < -0.39 is 0 Å². The number of benzene rings is 2.